The van der Waals surface area contributed by atoms with Gasteiger partial charge in [-0.2, -0.15) is 9.78 Å². The Labute approximate surface area is 117 Å². The Balaban J connectivity index is 2.46. The van der Waals surface area contributed by atoms with E-state index in [0.29, 0.717) is 36.0 Å². The van der Waals surface area contributed by atoms with Crippen LogP contribution in [0.1, 0.15) is 17.4 Å². The Kier molecular flexibility index (Phi) is 5.02. The molecule has 1 aliphatic rings. The topological polar surface area (TPSA) is 64.6 Å². The van der Waals surface area contributed by atoms with Gasteiger partial charge < -0.3 is 14.2 Å². The van der Waals surface area contributed by atoms with Crippen LogP contribution in [0, 0.1) is 6.92 Å². The lowest BCUT2D eigenvalue weighted by Gasteiger charge is -2.20. The molecule has 2 rings (SSSR count). The lowest BCUT2D eigenvalue weighted by atomic mass is 10.1. The van der Waals surface area contributed by atoms with Gasteiger partial charge in [0.15, 0.2) is 11.5 Å². The molecule has 0 aromatic heterocycles. The van der Waals surface area contributed by atoms with E-state index in [9.17, 15) is 0 Å². The van der Waals surface area contributed by atoms with Gasteiger partial charge in [-0.25, -0.2) is 9.78 Å². The summed E-state index contributed by atoms with van der Waals surface area (Å²) >= 11 is 0. The zero-order valence-corrected chi connectivity index (χ0v) is 11.9. The maximum absolute atomic E-state index is 5.37. The third-order valence-electron chi connectivity index (χ3n) is 2.93. The molecule has 0 bridgehead atoms. The number of methoxy groups -OCH3 is 3. The summed E-state index contributed by atoms with van der Waals surface area (Å²) in [5, 5.41) is 0. The fourth-order valence-corrected chi connectivity index (χ4v) is 1.97. The zero-order valence-electron chi connectivity index (χ0n) is 11.9. The van der Waals surface area contributed by atoms with Gasteiger partial charge in [-0.05, 0) is 13.0 Å². The molecule has 0 unspecified atom stereocenters. The summed E-state index contributed by atoms with van der Waals surface area (Å²) in [6.45, 7) is 2.44. The maximum Gasteiger partial charge on any atom is 0.250 e. The van der Waals surface area contributed by atoms with Crippen LogP contribution < -0.4 is 14.2 Å². The molecule has 1 aliphatic heterocycles. The second-order valence-corrected chi connectivity index (χ2v) is 4.03. The van der Waals surface area contributed by atoms with Gasteiger partial charge in [-0.1, -0.05) is 0 Å². The van der Waals surface area contributed by atoms with Crippen molar-refractivity contribution >= 4 is 0 Å². The Bertz CT molecular complexity index is 453. The van der Waals surface area contributed by atoms with Gasteiger partial charge in [-0.15, -0.1) is 0 Å². The molecule has 0 N–H and O–H groups in total. The average Bonchev–Trinajstić information content (AvgIpc) is 2.75. The quantitative estimate of drug-likeness (QED) is 0.783. The summed E-state index contributed by atoms with van der Waals surface area (Å²) in [5.41, 5.74) is 1.45. The molecule has 0 radical (unpaired) electrons. The molecular formula is C13H18O7. The van der Waals surface area contributed by atoms with Crippen LogP contribution in [0.25, 0.3) is 0 Å². The first-order valence-corrected chi connectivity index (χ1v) is 6.09. The Morgan fingerprint density at radius 1 is 0.950 bits per heavy atom. The van der Waals surface area contributed by atoms with E-state index in [0.717, 1.165) is 5.56 Å². The highest BCUT2D eigenvalue weighted by atomic mass is 17.3. The Hall–Kier alpha value is -1.54. The smallest absolute Gasteiger partial charge is 0.250 e. The number of hydrogen-bond donors (Lipinski definition) is 0. The molecule has 7 heteroatoms. The van der Waals surface area contributed by atoms with E-state index in [1.807, 2.05) is 6.92 Å². The molecular weight excluding hydrogens is 268 g/mol. The van der Waals surface area contributed by atoms with Crippen LogP contribution in [-0.4, -0.2) is 34.5 Å². The molecule has 0 saturated carbocycles. The van der Waals surface area contributed by atoms with Gasteiger partial charge in [0.1, 0.15) is 13.2 Å². The summed E-state index contributed by atoms with van der Waals surface area (Å²) in [6.07, 6.45) is -0.828. The molecule has 0 atom stereocenters. The molecule has 20 heavy (non-hydrogen) atoms. The van der Waals surface area contributed by atoms with E-state index in [4.69, 9.17) is 33.8 Å². The van der Waals surface area contributed by atoms with Gasteiger partial charge in [-0.3, -0.25) is 0 Å². The molecule has 0 spiro atoms. The predicted molar refractivity (Wildman–Crippen MR) is 67.7 cm³/mol. The van der Waals surface area contributed by atoms with Crippen molar-refractivity contribution in [2.45, 2.75) is 13.2 Å². The van der Waals surface area contributed by atoms with E-state index < -0.39 is 6.29 Å². The van der Waals surface area contributed by atoms with Crippen LogP contribution in [0.4, 0.5) is 0 Å². The minimum Gasteiger partial charge on any atom is -0.493 e. The first-order valence-electron chi connectivity index (χ1n) is 6.09. The minimum atomic E-state index is -0.828. The van der Waals surface area contributed by atoms with Crippen LogP contribution >= 0.6 is 0 Å². The van der Waals surface area contributed by atoms with Gasteiger partial charge in [0.2, 0.25) is 12.0 Å². The Morgan fingerprint density at radius 2 is 1.55 bits per heavy atom. The zero-order chi connectivity index (χ0) is 14.5. The van der Waals surface area contributed by atoms with Crippen molar-refractivity contribution < 1.29 is 33.8 Å². The summed E-state index contributed by atoms with van der Waals surface area (Å²) < 4.78 is 16.0. The second kappa shape index (κ2) is 6.76. The van der Waals surface area contributed by atoms with Crippen molar-refractivity contribution in [2.24, 2.45) is 0 Å². The summed E-state index contributed by atoms with van der Waals surface area (Å²) in [6, 6.07) is 1.74. The second-order valence-electron chi connectivity index (χ2n) is 4.03. The van der Waals surface area contributed by atoms with E-state index in [-0.39, 0.29) is 0 Å². The SMILES string of the molecule is COc1cc(C2OOCCOO2)c(C)c(OC)c1OC. The molecule has 1 aromatic rings. The predicted octanol–water partition coefficient (Wildman–Crippen LogP) is 1.93. The molecule has 1 aromatic carbocycles. The molecule has 1 fully saturated rings. The van der Waals surface area contributed by atoms with Crippen molar-refractivity contribution in [3.63, 3.8) is 0 Å². The normalized spacial score (nSPS) is 16.6. The molecule has 112 valence electrons. The van der Waals surface area contributed by atoms with E-state index in [1.165, 1.54) is 7.11 Å². The number of rotatable bonds is 4. The van der Waals surface area contributed by atoms with Gasteiger partial charge in [0.05, 0.1) is 21.3 Å². The molecule has 7 nitrogen and oxygen atoms in total. The molecule has 1 heterocycles. The number of hydrogen-bond acceptors (Lipinski definition) is 7. The summed E-state index contributed by atoms with van der Waals surface area (Å²) in [4.78, 5) is 20.2. The van der Waals surface area contributed by atoms with E-state index in [1.54, 1.807) is 20.3 Å². The van der Waals surface area contributed by atoms with Crippen molar-refractivity contribution in [3.8, 4) is 17.2 Å². The summed E-state index contributed by atoms with van der Waals surface area (Å²) in [5.74, 6) is 1.55. The highest BCUT2D eigenvalue weighted by molar-refractivity contribution is 5.59. The van der Waals surface area contributed by atoms with E-state index >= 15 is 0 Å². The molecule has 0 amide bonds. The fourth-order valence-electron chi connectivity index (χ4n) is 1.97. The van der Waals surface area contributed by atoms with Crippen LogP contribution in [0.5, 0.6) is 17.2 Å². The van der Waals surface area contributed by atoms with Crippen LogP contribution in [0.2, 0.25) is 0 Å². The highest BCUT2D eigenvalue weighted by Gasteiger charge is 2.26. The fraction of sp³-hybridized carbons (Fsp3) is 0.538. The third-order valence-corrected chi connectivity index (χ3v) is 2.93. The highest BCUT2D eigenvalue weighted by Crippen LogP contribution is 2.44. The van der Waals surface area contributed by atoms with Gasteiger partial charge >= 0.3 is 0 Å². The van der Waals surface area contributed by atoms with Gasteiger partial charge in [0, 0.05) is 11.1 Å². The lowest BCUT2D eigenvalue weighted by Crippen LogP contribution is -2.09. The van der Waals surface area contributed by atoms with E-state index in [2.05, 4.69) is 0 Å². The lowest BCUT2D eigenvalue weighted by molar-refractivity contribution is -0.430. The standard InChI is InChI=1S/C13H18O7/c1-8-9(13-19-17-5-6-18-20-13)7-10(14-2)12(16-4)11(8)15-3/h7,13H,5-6H2,1-4H3. The average molecular weight is 286 g/mol. The number of benzene rings is 1. The summed E-state index contributed by atoms with van der Waals surface area (Å²) in [7, 11) is 4.64. The van der Waals surface area contributed by atoms with Crippen molar-refractivity contribution in [1.29, 1.82) is 0 Å². The monoisotopic (exact) mass is 286 g/mol. The van der Waals surface area contributed by atoms with Crippen molar-refractivity contribution in [3.05, 3.63) is 17.2 Å². The number of ether oxygens (including phenoxy) is 3. The minimum absolute atomic E-state index is 0.292. The first kappa shape index (κ1) is 14.9. The molecule has 1 saturated heterocycles. The van der Waals surface area contributed by atoms with Crippen LogP contribution in [-0.2, 0) is 19.6 Å². The Morgan fingerprint density at radius 3 is 2.05 bits per heavy atom. The van der Waals surface area contributed by atoms with Crippen molar-refractivity contribution in [2.75, 3.05) is 34.5 Å². The third kappa shape index (κ3) is 2.80. The maximum atomic E-state index is 5.37. The van der Waals surface area contributed by atoms with Crippen LogP contribution in [0.15, 0.2) is 6.07 Å². The largest absolute Gasteiger partial charge is 0.493 e. The first-order chi connectivity index (χ1) is 9.72. The van der Waals surface area contributed by atoms with Crippen LogP contribution in [0.3, 0.4) is 0 Å². The molecule has 0 aliphatic carbocycles. The van der Waals surface area contributed by atoms with Crippen molar-refractivity contribution in [1.82, 2.24) is 0 Å². The van der Waals surface area contributed by atoms with Gasteiger partial charge in [0.25, 0.3) is 0 Å².